The largest absolute Gasteiger partial charge is 0.490 e. The number of benzene rings is 1. The number of ether oxygens (including phenoxy) is 1. The maximum Gasteiger partial charge on any atom is 0.306 e. The molecule has 0 spiro atoms. The third-order valence-electron chi connectivity index (χ3n) is 4.26. The van der Waals surface area contributed by atoms with Crippen LogP contribution in [0, 0.1) is 17.0 Å². The number of hydrogen-bond acceptors (Lipinski definition) is 5. The molecule has 0 fully saturated rings. The van der Waals surface area contributed by atoms with Crippen molar-refractivity contribution in [2.45, 2.75) is 46.4 Å². The van der Waals surface area contributed by atoms with Crippen molar-refractivity contribution in [1.82, 2.24) is 20.4 Å². The average molecular weight is 516 g/mol. The monoisotopic (exact) mass is 516 g/mol. The van der Waals surface area contributed by atoms with Gasteiger partial charge < -0.3 is 15.4 Å². The van der Waals surface area contributed by atoms with E-state index in [2.05, 4.69) is 46.7 Å². The highest BCUT2D eigenvalue weighted by molar-refractivity contribution is 14.0. The van der Waals surface area contributed by atoms with Gasteiger partial charge in [-0.05, 0) is 31.9 Å². The Balaban J connectivity index is 0.00000420. The number of nitrogens with zero attached hydrogens (tertiary/aromatic N) is 4. The van der Waals surface area contributed by atoms with Gasteiger partial charge in [0.25, 0.3) is 0 Å². The van der Waals surface area contributed by atoms with Gasteiger partial charge in [0, 0.05) is 25.7 Å². The molecule has 2 aromatic rings. The average Bonchev–Trinajstić information content (AvgIpc) is 3.15. The zero-order valence-corrected chi connectivity index (χ0v) is 19.5. The SMILES string of the molecule is CCC(C)Oc1cc(C)ccc1CNC(=NC)NCCn1cc([N+](=O)[O-])cn1.I. The Kier molecular flexibility index (Phi) is 10.4. The van der Waals surface area contributed by atoms with Crippen LogP contribution in [0.5, 0.6) is 5.75 Å². The van der Waals surface area contributed by atoms with Crippen LogP contribution in [-0.4, -0.2) is 40.4 Å². The number of hydrogen-bond donors (Lipinski definition) is 2. The van der Waals surface area contributed by atoms with Crippen LogP contribution < -0.4 is 15.4 Å². The fourth-order valence-corrected chi connectivity index (χ4v) is 2.48. The third-order valence-corrected chi connectivity index (χ3v) is 4.26. The summed E-state index contributed by atoms with van der Waals surface area (Å²) in [7, 11) is 1.69. The molecule has 2 rings (SSSR count). The molecule has 0 radical (unpaired) electrons. The standard InChI is InChI=1S/C19H28N6O3.HI/c1-5-15(3)28-18-10-14(2)6-7-16(18)11-22-19(20-4)21-8-9-24-13-17(12-23-24)25(26)27;/h6-7,10,12-13,15H,5,8-9,11H2,1-4H3,(H2,20,21,22);1H. The van der Waals surface area contributed by atoms with Crippen molar-refractivity contribution in [1.29, 1.82) is 0 Å². The highest BCUT2D eigenvalue weighted by atomic mass is 127. The first-order valence-electron chi connectivity index (χ1n) is 9.30. The molecular formula is C19H29IN6O3. The summed E-state index contributed by atoms with van der Waals surface area (Å²) in [6.45, 7) is 7.78. The van der Waals surface area contributed by atoms with Gasteiger partial charge in [0.05, 0.1) is 17.6 Å². The van der Waals surface area contributed by atoms with Crippen LogP contribution in [0.1, 0.15) is 31.4 Å². The lowest BCUT2D eigenvalue weighted by molar-refractivity contribution is -0.385. The Hall–Kier alpha value is -2.37. The zero-order chi connectivity index (χ0) is 20.5. The number of guanidine groups is 1. The van der Waals surface area contributed by atoms with Gasteiger partial charge in [-0.3, -0.25) is 19.8 Å². The molecule has 0 aliphatic heterocycles. The molecular weight excluding hydrogens is 487 g/mol. The lowest BCUT2D eigenvalue weighted by Crippen LogP contribution is -2.38. The van der Waals surface area contributed by atoms with Crippen molar-refractivity contribution in [2.75, 3.05) is 13.6 Å². The zero-order valence-electron chi connectivity index (χ0n) is 17.2. The van der Waals surface area contributed by atoms with E-state index in [0.29, 0.717) is 25.6 Å². The molecule has 9 nitrogen and oxygen atoms in total. The molecule has 1 aromatic heterocycles. The Bertz CT molecular complexity index is 824. The normalized spacial score (nSPS) is 12.1. The van der Waals surface area contributed by atoms with Gasteiger partial charge in [0.15, 0.2) is 5.96 Å². The second-order valence-corrected chi connectivity index (χ2v) is 6.52. The second-order valence-electron chi connectivity index (χ2n) is 6.52. The summed E-state index contributed by atoms with van der Waals surface area (Å²) in [4.78, 5) is 14.4. The summed E-state index contributed by atoms with van der Waals surface area (Å²) in [5, 5.41) is 21.1. The molecule has 1 unspecified atom stereocenters. The van der Waals surface area contributed by atoms with Crippen molar-refractivity contribution in [3.05, 3.63) is 51.8 Å². The van der Waals surface area contributed by atoms with Crippen LogP contribution in [0.15, 0.2) is 35.6 Å². The third kappa shape index (κ3) is 7.87. The number of nitro groups is 1. The lowest BCUT2D eigenvalue weighted by atomic mass is 10.1. The Morgan fingerprint density at radius 1 is 1.41 bits per heavy atom. The van der Waals surface area contributed by atoms with Crippen LogP contribution in [0.4, 0.5) is 5.69 Å². The summed E-state index contributed by atoms with van der Waals surface area (Å²) in [6.07, 6.45) is 3.73. The summed E-state index contributed by atoms with van der Waals surface area (Å²) in [5.74, 6) is 1.51. The highest BCUT2D eigenvalue weighted by Gasteiger charge is 2.10. The highest BCUT2D eigenvalue weighted by Crippen LogP contribution is 2.22. The first kappa shape index (κ1) is 24.7. The van der Waals surface area contributed by atoms with E-state index in [0.717, 1.165) is 23.3 Å². The van der Waals surface area contributed by atoms with Crippen LogP contribution in [0.2, 0.25) is 0 Å². The maximum absolute atomic E-state index is 10.7. The van der Waals surface area contributed by atoms with Crippen LogP contribution in [0.3, 0.4) is 0 Å². The van der Waals surface area contributed by atoms with Crippen LogP contribution >= 0.6 is 24.0 Å². The molecule has 1 aromatic carbocycles. The van der Waals surface area contributed by atoms with Crippen molar-refractivity contribution in [3.63, 3.8) is 0 Å². The molecule has 0 amide bonds. The quantitative estimate of drug-likeness (QED) is 0.174. The van der Waals surface area contributed by atoms with Crippen molar-refractivity contribution in [3.8, 4) is 5.75 Å². The summed E-state index contributed by atoms with van der Waals surface area (Å²) < 4.78 is 7.56. The molecule has 2 N–H and O–H groups in total. The molecule has 0 aliphatic carbocycles. The van der Waals surface area contributed by atoms with Gasteiger partial charge in [0.2, 0.25) is 0 Å². The molecule has 0 saturated carbocycles. The Labute approximate surface area is 188 Å². The van der Waals surface area contributed by atoms with Crippen molar-refractivity contribution >= 4 is 35.6 Å². The second kappa shape index (κ2) is 12.2. The number of rotatable bonds is 9. The minimum Gasteiger partial charge on any atom is -0.490 e. The number of aryl methyl sites for hydroxylation is 1. The van der Waals surface area contributed by atoms with Gasteiger partial charge >= 0.3 is 5.69 Å². The molecule has 0 aliphatic rings. The molecule has 0 saturated heterocycles. The van der Waals surface area contributed by atoms with E-state index in [1.165, 1.54) is 17.1 Å². The number of aliphatic imine (C=N–C) groups is 1. The molecule has 0 bridgehead atoms. The summed E-state index contributed by atoms with van der Waals surface area (Å²) in [6, 6.07) is 6.15. The van der Waals surface area contributed by atoms with E-state index < -0.39 is 4.92 Å². The summed E-state index contributed by atoms with van der Waals surface area (Å²) >= 11 is 0. The predicted octanol–water partition coefficient (Wildman–Crippen LogP) is 3.26. The fourth-order valence-electron chi connectivity index (χ4n) is 2.48. The first-order chi connectivity index (χ1) is 13.4. The van der Waals surface area contributed by atoms with Crippen molar-refractivity contribution < 1.29 is 9.66 Å². The Morgan fingerprint density at radius 2 is 2.17 bits per heavy atom. The van der Waals surface area contributed by atoms with Crippen molar-refractivity contribution in [2.24, 2.45) is 4.99 Å². The molecule has 29 heavy (non-hydrogen) atoms. The molecule has 1 atom stereocenters. The van der Waals surface area contributed by atoms with Gasteiger partial charge in [0.1, 0.15) is 18.1 Å². The van der Waals surface area contributed by atoms with E-state index in [4.69, 9.17) is 4.74 Å². The summed E-state index contributed by atoms with van der Waals surface area (Å²) in [5.41, 5.74) is 2.19. The fraction of sp³-hybridized carbons (Fsp3) is 0.474. The van der Waals surface area contributed by atoms with E-state index in [-0.39, 0.29) is 35.8 Å². The van der Waals surface area contributed by atoms with E-state index in [1.54, 1.807) is 7.05 Å². The maximum atomic E-state index is 10.7. The van der Waals surface area contributed by atoms with E-state index in [1.807, 2.05) is 13.0 Å². The predicted molar refractivity (Wildman–Crippen MR) is 124 cm³/mol. The topological polar surface area (TPSA) is 107 Å². The minimum absolute atomic E-state index is 0. The van der Waals surface area contributed by atoms with E-state index in [9.17, 15) is 10.1 Å². The number of nitrogens with one attached hydrogen (secondary N) is 2. The van der Waals surface area contributed by atoms with Crippen LogP contribution in [-0.2, 0) is 13.1 Å². The number of halogens is 1. The van der Waals surface area contributed by atoms with Gasteiger partial charge in [-0.15, -0.1) is 24.0 Å². The number of aromatic nitrogens is 2. The first-order valence-corrected chi connectivity index (χ1v) is 9.30. The molecule has 160 valence electrons. The van der Waals surface area contributed by atoms with Crippen LogP contribution in [0.25, 0.3) is 0 Å². The van der Waals surface area contributed by atoms with E-state index >= 15 is 0 Å². The molecule has 1 heterocycles. The smallest absolute Gasteiger partial charge is 0.306 e. The van der Waals surface area contributed by atoms with Gasteiger partial charge in [-0.25, -0.2) is 0 Å². The molecule has 10 heteroatoms. The Morgan fingerprint density at radius 3 is 2.79 bits per heavy atom. The van der Waals surface area contributed by atoms with Gasteiger partial charge in [-0.1, -0.05) is 19.1 Å². The minimum atomic E-state index is -0.460. The van der Waals surface area contributed by atoms with Gasteiger partial charge in [-0.2, -0.15) is 5.10 Å². The lowest BCUT2D eigenvalue weighted by Gasteiger charge is -2.18.